The van der Waals surface area contributed by atoms with E-state index < -0.39 is 23.3 Å². The van der Waals surface area contributed by atoms with Crippen LogP contribution in [0.4, 0.5) is 0 Å². The van der Waals surface area contributed by atoms with Crippen LogP contribution in [0.2, 0.25) is 0 Å². The Morgan fingerprint density at radius 3 is 1.59 bits per heavy atom. The fraction of sp³-hybridized carbons (Fsp3) is 0.875. The van der Waals surface area contributed by atoms with Gasteiger partial charge in [0, 0.05) is 0 Å². The predicted octanol–water partition coefficient (Wildman–Crippen LogP) is -1.44. The summed E-state index contributed by atoms with van der Waals surface area (Å²) >= 11 is 0. The van der Waals surface area contributed by atoms with Crippen LogP contribution < -0.4 is 80.9 Å². The van der Waals surface area contributed by atoms with Gasteiger partial charge < -0.3 is 13.1 Å². The van der Waals surface area contributed by atoms with E-state index in [4.69, 9.17) is 0 Å². The molecule has 0 unspecified atom stereocenters. The van der Waals surface area contributed by atoms with Gasteiger partial charge in [0.05, 0.1) is 0 Å². The van der Waals surface area contributed by atoms with Gasteiger partial charge in [0.15, 0.2) is 5.41 Å². The van der Waals surface area contributed by atoms with E-state index in [-0.39, 0.29) is 90.2 Å². The number of aliphatic carboxylic acids is 2. The van der Waals surface area contributed by atoms with Crippen molar-refractivity contribution >= 4 is 11.9 Å². The second-order valence-electron chi connectivity index (χ2n) is 5.96. The maximum absolute atomic E-state index is 11.4. The SMILES string of the molecule is CCCCCCCCCCC(C(=O)O)(C(=O)O)C(C)C.[H-].[H-].[K+].[Na+]. The van der Waals surface area contributed by atoms with Crippen LogP contribution in [0.3, 0.4) is 0 Å². The van der Waals surface area contributed by atoms with Crippen LogP contribution in [0.25, 0.3) is 0 Å². The average Bonchev–Trinajstić information content (AvgIpc) is 2.35. The van der Waals surface area contributed by atoms with Crippen LogP contribution >= 0.6 is 0 Å². The van der Waals surface area contributed by atoms with Crippen molar-refractivity contribution in [3.8, 4) is 0 Å². The Morgan fingerprint density at radius 2 is 1.27 bits per heavy atom. The summed E-state index contributed by atoms with van der Waals surface area (Å²) in [5, 5.41) is 18.6. The van der Waals surface area contributed by atoms with Crippen LogP contribution in [-0.2, 0) is 9.59 Å². The molecule has 0 bridgehead atoms. The first-order chi connectivity index (χ1) is 9.39. The van der Waals surface area contributed by atoms with Gasteiger partial charge in [-0.15, -0.1) is 0 Å². The summed E-state index contributed by atoms with van der Waals surface area (Å²) in [6.07, 6.45) is 9.03. The van der Waals surface area contributed by atoms with Crippen LogP contribution in [0.5, 0.6) is 0 Å². The average molecular weight is 351 g/mol. The molecular weight excluding hydrogens is 318 g/mol. The Labute approximate surface area is 202 Å². The maximum atomic E-state index is 11.4. The van der Waals surface area contributed by atoms with Crippen LogP contribution in [-0.4, -0.2) is 22.2 Å². The third-order valence-electron chi connectivity index (χ3n) is 4.17. The molecule has 0 amide bonds. The van der Waals surface area contributed by atoms with Crippen LogP contribution in [0.15, 0.2) is 0 Å². The van der Waals surface area contributed by atoms with Gasteiger partial charge in [0.2, 0.25) is 0 Å². The largest absolute Gasteiger partial charge is 1.00 e. The number of hydrogen-bond donors (Lipinski definition) is 2. The summed E-state index contributed by atoms with van der Waals surface area (Å²) < 4.78 is 0. The fourth-order valence-electron chi connectivity index (χ4n) is 2.63. The number of unbranched alkanes of at least 4 members (excludes halogenated alkanes) is 7. The van der Waals surface area contributed by atoms with E-state index in [1.54, 1.807) is 13.8 Å². The van der Waals surface area contributed by atoms with Gasteiger partial charge in [0.25, 0.3) is 0 Å². The summed E-state index contributed by atoms with van der Waals surface area (Å²) in [4.78, 5) is 22.7. The smallest absolute Gasteiger partial charge is 1.00 e. The monoisotopic (exact) mass is 350 g/mol. The van der Waals surface area contributed by atoms with Crippen LogP contribution in [0.1, 0.15) is 81.4 Å². The Balaban J connectivity index is -0.000000301. The molecule has 0 aromatic rings. The Morgan fingerprint density at radius 1 is 0.909 bits per heavy atom. The first kappa shape index (κ1) is 28.4. The van der Waals surface area contributed by atoms with Gasteiger partial charge in [-0.3, -0.25) is 9.59 Å². The van der Waals surface area contributed by atoms with E-state index in [2.05, 4.69) is 6.92 Å². The normalized spacial score (nSPS) is 10.7. The van der Waals surface area contributed by atoms with E-state index in [9.17, 15) is 19.8 Å². The zero-order chi connectivity index (χ0) is 15.6. The number of hydrogen-bond acceptors (Lipinski definition) is 2. The number of carboxylic acids is 2. The molecule has 0 fully saturated rings. The molecule has 2 N–H and O–H groups in total. The molecule has 0 aliphatic rings. The van der Waals surface area contributed by atoms with Gasteiger partial charge in [-0.25, -0.2) is 0 Å². The summed E-state index contributed by atoms with van der Waals surface area (Å²) in [5.41, 5.74) is -1.62. The minimum absolute atomic E-state index is 0. The van der Waals surface area contributed by atoms with E-state index in [0.29, 0.717) is 6.42 Å². The predicted molar refractivity (Wildman–Crippen MR) is 82.0 cm³/mol. The van der Waals surface area contributed by atoms with E-state index in [1.165, 1.54) is 25.7 Å². The fourth-order valence-corrected chi connectivity index (χ4v) is 2.63. The van der Waals surface area contributed by atoms with Crippen molar-refractivity contribution in [3.05, 3.63) is 0 Å². The van der Waals surface area contributed by atoms with Gasteiger partial charge in [-0.2, -0.15) is 0 Å². The summed E-state index contributed by atoms with van der Waals surface area (Å²) in [5.74, 6) is -2.81. The van der Waals surface area contributed by atoms with Crippen molar-refractivity contribution in [2.24, 2.45) is 11.3 Å². The molecule has 0 aliphatic carbocycles. The van der Waals surface area contributed by atoms with Crippen molar-refractivity contribution in [2.45, 2.75) is 78.6 Å². The summed E-state index contributed by atoms with van der Waals surface area (Å²) in [6, 6.07) is 0. The molecule has 0 heterocycles. The van der Waals surface area contributed by atoms with Gasteiger partial charge >= 0.3 is 92.9 Å². The quantitative estimate of drug-likeness (QED) is 0.257. The molecule has 0 aromatic heterocycles. The maximum Gasteiger partial charge on any atom is 1.00 e. The van der Waals surface area contributed by atoms with E-state index in [1.807, 2.05) is 0 Å². The minimum atomic E-state index is -1.62. The molecule has 0 atom stereocenters. The molecule has 0 spiro atoms. The van der Waals surface area contributed by atoms with Gasteiger partial charge in [-0.1, -0.05) is 72.1 Å². The van der Waals surface area contributed by atoms with Crippen LogP contribution in [0, 0.1) is 11.3 Å². The van der Waals surface area contributed by atoms with Gasteiger partial charge in [0.1, 0.15) is 0 Å². The second-order valence-corrected chi connectivity index (χ2v) is 5.96. The molecule has 0 saturated carbocycles. The molecule has 122 valence electrons. The molecule has 0 saturated heterocycles. The van der Waals surface area contributed by atoms with Crippen molar-refractivity contribution in [2.75, 3.05) is 0 Å². The van der Waals surface area contributed by atoms with Crippen molar-refractivity contribution in [1.29, 1.82) is 0 Å². The second kappa shape index (κ2) is 16.1. The molecule has 4 nitrogen and oxygen atoms in total. The third-order valence-corrected chi connectivity index (χ3v) is 4.17. The molecule has 6 heteroatoms. The number of rotatable bonds is 12. The molecule has 0 radical (unpaired) electrons. The zero-order valence-corrected chi connectivity index (χ0v) is 20.3. The number of carbonyl (C=O) groups is 2. The molecular formula is C16H32KNaO4. The number of carboxylic acid groups (broad SMARTS) is 2. The zero-order valence-electron chi connectivity index (χ0n) is 17.2. The molecule has 0 aromatic carbocycles. The Hall–Kier alpha value is 1.58. The van der Waals surface area contributed by atoms with Gasteiger partial charge in [-0.05, 0) is 12.3 Å². The first-order valence-corrected chi connectivity index (χ1v) is 7.86. The first-order valence-electron chi connectivity index (χ1n) is 7.86. The molecule has 0 rings (SSSR count). The Kier molecular flexibility index (Phi) is 20.7. The van der Waals surface area contributed by atoms with Crippen molar-refractivity contribution in [1.82, 2.24) is 0 Å². The third kappa shape index (κ3) is 9.77. The minimum Gasteiger partial charge on any atom is -1.00 e. The van der Waals surface area contributed by atoms with Crippen molar-refractivity contribution in [3.63, 3.8) is 0 Å². The topological polar surface area (TPSA) is 74.6 Å². The summed E-state index contributed by atoms with van der Waals surface area (Å²) in [7, 11) is 0. The standard InChI is InChI=1S/C16H30O4.K.Na.2H/c1-4-5-6-7-8-9-10-11-12-16(13(2)3,14(17)18)15(19)20;;;;/h13H,4-12H2,1-3H3,(H,17,18)(H,19,20);;;;/q;2*+1;2*-1. The van der Waals surface area contributed by atoms with Crippen molar-refractivity contribution < 1.29 is 104 Å². The Bertz CT molecular complexity index is 304. The summed E-state index contributed by atoms with van der Waals surface area (Å²) in [6.45, 7) is 5.53. The van der Waals surface area contributed by atoms with E-state index >= 15 is 0 Å². The van der Waals surface area contributed by atoms with E-state index in [0.717, 1.165) is 19.3 Å². The molecule has 22 heavy (non-hydrogen) atoms. The molecule has 0 aliphatic heterocycles.